The van der Waals surface area contributed by atoms with E-state index < -0.39 is 10.0 Å². The van der Waals surface area contributed by atoms with Gasteiger partial charge >= 0.3 is 0 Å². The van der Waals surface area contributed by atoms with E-state index in [0.29, 0.717) is 13.0 Å². The molecule has 0 saturated heterocycles. The minimum atomic E-state index is -3.69. The predicted octanol–water partition coefficient (Wildman–Crippen LogP) is 6.08. The fourth-order valence-corrected chi connectivity index (χ4v) is 7.09. The Bertz CT molecular complexity index is 1620. The number of fused-ring (bicyclic) bond motifs is 1. The summed E-state index contributed by atoms with van der Waals surface area (Å²) < 4.78 is 29.3. The first kappa shape index (κ1) is 26.4. The highest BCUT2D eigenvalue weighted by Gasteiger charge is 2.46. The number of aromatic nitrogens is 1. The molecule has 1 N–H and O–H groups in total. The molecule has 0 bridgehead atoms. The summed E-state index contributed by atoms with van der Waals surface area (Å²) in [5, 5.41) is 0. The summed E-state index contributed by atoms with van der Waals surface area (Å²) in [6, 6.07) is 30.3. The fraction of sp³-hybridized carbons (Fsp3) is 0.273. The Morgan fingerprint density at radius 3 is 2.45 bits per heavy atom. The van der Waals surface area contributed by atoms with Gasteiger partial charge in [0.25, 0.3) is 0 Å². The van der Waals surface area contributed by atoms with Gasteiger partial charge in [-0.2, -0.15) is 0 Å². The zero-order valence-electron chi connectivity index (χ0n) is 22.5. The molecule has 3 aromatic carbocycles. The van der Waals surface area contributed by atoms with Crippen molar-refractivity contribution in [3.05, 3.63) is 125 Å². The van der Waals surface area contributed by atoms with Gasteiger partial charge in [-0.3, -0.25) is 9.78 Å². The van der Waals surface area contributed by atoms with E-state index in [-0.39, 0.29) is 28.7 Å². The number of carbonyl (C=O) groups is 1. The standard InChI is InChI=1S/C33H33N3O3S/c1-23-10-8-14-26(34-23)22-36(33(37)31-21-29(31)24-11-4-2-5-12-24)27-19-18-25-13-9-17-32(30(25)20-27)35-40(38,39)28-15-6-3-7-16-28/h2-8,10-12,14-16,18-20,29,31-32,35H,9,13,17,21-22H2,1H3/t29-,31-,32?/m1/s1. The molecule has 1 aromatic heterocycles. The fourth-order valence-electron chi connectivity index (χ4n) is 5.81. The molecule has 2 aliphatic rings. The third kappa shape index (κ3) is 5.58. The zero-order valence-corrected chi connectivity index (χ0v) is 23.3. The summed E-state index contributed by atoms with van der Waals surface area (Å²) >= 11 is 0. The number of anilines is 1. The molecule has 1 unspecified atom stereocenters. The molecule has 6 rings (SSSR count). The van der Waals surface area contributed by atoms with Crippen LogP contribution in [0, 0.1) is 12.8 Å². The molecule has 7 heteroatoms. The van der Waals surface area contributed by atoms with Gasteiger partial charge in [0.2, 0.25) is 15.9 Å². The van der Waals surface area contributed by atoms with Crippen LogP contribution < -0.4 is 9.62 Å². The molecule has 40 heavy (non-hydrogen) atoms. The van der Waals surface area contributed by atoms with E-state index in [0.717, 1.165) is 47.5 Å². The average Bonchev–Trinajstić information content (AvgIpc) is 3.78. The predicted molar refractivity (Wildman–Crippen MR) is 156 cm³/mol. The van der Waals surface area contributed by atoms with E-state index in [4.69, 9.17) is 0 Å². The summed E-state index contributed by atoms with van der Waals surface area (Å²) in [4.78, 5) is 20.8. The lowest BCUT2D eigenvalue weighted by atomic mass is 9.87. The van der Waals surface area contributed by atoms with Crippen molar-refractivity contribution < 1.29 is 13.2 Å². The maximum absolute atomic E-state index is 14.0. The van der Waals surface area contributed by atoms with Gasteiger partial charge in [-0.1, -0.05) is 60.7 Å². The summed E-state index contributed by atoms with van der Waals surface area (Å²) in [5.41, 5.74) is 5.74. The molecular weight excluding hydrogens is 518 g/mol. The molecule has 1 fully saturated rings. The molecule has 6 nitrogen and oxygen atoms in total. The number of nitrogens with one attached hydrogen (secondary N) is 1. The van der Waals surface area contributed by atoms with Crippen LogP contribution in [0.4, 0.5) is 5.69 Å². The number of rotatable bonds is 8. The quantitative estimate of drug-likeness (QED) is 0.288. The number of benzene rings is 3. The molecule has 0 radical (unpaired) electrons. The van der Waals surface area contributed by atoms with Crippen molar-refractivity contribution in [3.8, 4) is 0 Å². The van der Waals surface area contributed by atoms with Crippen molar-refractivity contribution in [2.45, 2.75) is 56.0 Å². The number of amides is 1. The Kier molecular flexibility index (Phi) is 7.26. The van der Waals surface area contributed by atoms with Crippen molar-refractivity contribution in [2.24, 2.45) is 5.92 Å². The number of hydrogen-bond donors (Lipinski definition) is 1. The van der Waals surface area contributed by atoms with Gasteiger partial charge in [0.1, 0.15) is 0 Å². The minimum absolute atomic E-state index is 0.0781. The Labute approximate surface area is 236 Å². The third-order valence-electron chi connectivity index (χ3n) is 7.97. The molecular formula is C33H33N3O3S. The second kappa shape index (κ2) is 11.0. The zero-order chi connectivity index (χ0) is 27.7. The number of pyridine rings is 1. The van der Waals surface area contributed by atoms with Crippen LogP contribution in [0.1, 0.15) is 59.3 Å². The molecule has 3 atom stereocenters. The summed E-state index contributed by atoms with van der Waals surface area (Å²) in [5.74, 6) is 0.203. The van der Waals surface area contributed by atoms with Crippen molar-refractivity contribution in [1.29, 1.82) is 0 Å². The molecule has 2 aliphatic carbocycles. The van der Waals surface area contributed by atoms with Crippen LogP contribution in [0.3, 0.4) is 0 Å². The Morgan fingerprint density at radius 1 is 0.950 bits per heavy atom. The largest absolute Gasteiger partial charge is 0.306 e. The van der Waals surface area contributed by atoms with Gasteiger partial charge in [0.05, 0.1) is 17.1 Å². The molecule has 4 aromatic rings. The normalized spacial score (nSPS) is 20.0. The topological polar surface area (TPSA) is 79.4 Å². The van der Waals surface area contributed by atoms with Gasteiger partial charge in [-0.15, -0.1) is 0 Å². The third-order valence-corrected chi connectivity index (χ3v) is 9.46. The van der Waals surface area contributed by atoms with E-state index in [9.17, 15) is 13.2 Å². The van der Waals surface area contributed by atoms with E-state index in [1.165, 1.54) is 5.56 Å². The highest BCUT2D eigenvalue weighted by Crippen LogP contribution is 2.49. The number of sulfonamides is 1. The van der Waals surface area contributed by atoms with E-state index >= 15 is 0 Å². The van der Waals surface area contributed by atoms with Crippen LogP contribution in [0.2, 0.25) is 0 Å². The monoisotopic (exact) mass is 551 g/mol. The maximum Gasteiger partial charge on any atom is 0.241 e. The van der Waals surface area contributed by atoms with Gasteiger partial charge < -0.3 is 4.90 Å². The first-order chi connectivity index (χ1) is 19.4. The van der Waals surface area contributed by atoms with Crippen LogP contribution in [-0.4, -0.2) is 19.3 Å². The van der Waals surface area contributed by atoms with Crippen LogP contribution in [0.5, 0.6) is 0 Å². The summed E-state index contributed by atoms with van der Waals surface area (Å²) in [6.07, 6.45) is 3.30. The van der Waals surface area contributed by atoms with Crippen LogP contribution in [0.25, 0.3) is 0 Å². The lowest BCUT2D eigenvalue weighted by Gasteiger charge is -2.29. The molecule has 0 aliphatic heterocycles. The van der Waals surface area contributed by atoms with E-state index in [2.05, 4.69) is 27.9 Å². The SMILES string of the molecule is Cc1cccc(CN(C(=O)[C@@H]2C[C@@H]2c2ccccc2)c2ccc3c(c2)C(NS(=O)(=O)c2ccccc2)CCC3)n1. The Balaban J connectivity index is 1.32. The van der Waals surface area contributed by atoms with Crippen molar-refractivity contribution in [3.63, 3.8) is 0 Å². The van der Waals surface area contributed by atoms with E-state index in [1.807, 2.05) is 60.4 Å². The maximum atomic E-state index is 14.0. The lowest BCUT2D eigenvalue weighted by Crippen LogP contribution is -2.34. The van der Waals surface area contributed by atoms with Gasteiger partial charge in [-0.25, -0.2) is 13.1 Å². The highest BCUT2D eigenvalue weighted by molar-refractivity contribution is 7.89. The summed E-state index contributed by atoms with van der Waals surface area (Å²) in [7, 11) is -3.69. The second-order valence-corrected chi connectivity index (χ2v) is 12.5. The molecule has 204 valence electrons. The minimum Gasteiger partial charge on any atom is -0.306 e. The number of nitrogens with zero attached hydrogens (tertiary/aromatic N) is 2. The smallest absolute Gasteiger partial charge is 0.241 e. The Hall–Kier alpha value is -3.81. The average molecular weight is 552 g/mol. The molecule has 1 heterocycles. The van der Waals surface area contributed by atoms with Crippen LogP contribution in [-0.2, 0) is 27.8 Å². The van der Waals surface area contributed by atoms with Crippen molar-refractivity contribution >= 4 is 21.6 Å². The van der Waals surface area contributed by atoms with Crippen LogP contribution in [0.15, 0.2) is 102 Å². The lowest BCUT2D eigenvalue weighted by molar-refractivity contribution is -0.120. The Morgan fingerprint density at radius 2 is 1.70 bits per heavy atom. The number of aryl methyl sites for hydroxylation is 2. The second-order valence-electron chi connectivity index (χ2n) is 10.8. The van der Waals surface area contributed by atoms with Gasteiger partial charge in [-0.05, 0) is 91.6 Å². The van der Waals surface area contributed by atoms with Crippen molar-refractivity contribution in [1.82, 2.24) is 9.71 Å². The van der Waals surface area contributed by atoms with Gasteiger partial charge in [0, 0.05) is 23.3 Å². The molecule has 0 spiro atoms. The first-order valence-corrected chi connectivity index (χ1v) is 15.4. The van der Waals surface area contributed by atoms with Crippen molar-refractivity contribution in [2.75, 3.05) is 4.90 Å². The molecule has 1 amide bonds. The number of carbonyl (C=O) groups excluding carboxylic acids is 1. The number of hydrogen-bond acceptors (Lipinski definition) is 4. The van der Waals surface area contributed by atoms with Gasteiger partial charge in [0.15, 0.2) is 0 Å². The van der Waals surface area contributed by atoms with Crippen LogP contribution >= 0.6 is 0 Å². The molecule has 1 saturated carbocycles. The highest BCUT2D eigenvalue weighted by atomic mass is 32.2. The summed E-state index contributed by atoms with van der Waals surface area (Å²) in [6.45, 7) is 2.31. The van der Waals surface area contributed by atoms with E-state index in [1.54, 1.807) is 30.3 Å². The first-order valence-electron chi connectivity index (χ1n) is 13.9.